The van der Waals surface area contributed by atoms with Gasteiger partial charge in [0.15, 0.2) is 5.16 Å². The fraction of sp³-hybridized carbons (Fsp3) is 0.571. The van der Waals surface area contributed by atoms with Crippen LogP contribution in [-0.2, 0) is 18.9 Å². The van der Waals surface area contributed by atoms with Gasteiger partial charge in [-0.1, -0.05) is 0 Å². The maximum atomic E-state index is 11.1. The number of rotatable bonds is 7. The number of aliphatic carboxylic acids is 3. The normalized spacial score (nSPS) is 14.1. The monoisotopic (exact) mass is 293 g/mol. The van der Waals surface area contributed by atoms with Gasteiger partial charge in [0.2, 0.25) is 0 Å². The molecule has 0 fully saturated rings. The quantitative estimate of drug-likeness (QED) is 0.290. The second-order valence-corrected chi connectivity index (χ2v) is 5.29. The summed E-state index contributed by atoms with van der Waals surface area (Å²) in [5.41, 5.74) is 0. The van der Waals surface area contributed by atoms with Gasteiger partial charge in [0.05, 0.1) is 6.42 Å². The molecule has 0 rings (SSSR count). The van der Waals surface area contributed by atoms with Crippen LogP contribution in [0.2, 0.25) is 0 Å². The van der Waals surface area contributed by atoms with Gasteiger partial charge in [-0.2, -0.15) is 0 Å². The van der Waals surface area contributed by atoms with Crippen molar-refractivity contribution in [3.63, 3.8) is 0 Å². The molecule has 18 heavy (non-hydrogen) atoms. The Balaban J connectivity index is 0. The molecule has 0 amide bonds. The van der Waals surface area contributed by atoms with Gasteiger partial charge in [-0.05, 0) is 6.42 Å². The Morgan fingerprint density at radius 1 is 1.00 bits per heavy atom. The van der Waals surface area contributed by atoms with Crippen molar-refractivity contribution in [1.82, 2.24) is 0 Å². The maximum absolute atomic E-state index is 11.1. The van der Waals surface area contributed by atoms with Crippen LogP contribution in [0.3, 0.4) is 0 Å². The Hall–Kier alpha value is -0.440. The first-order valence-corrected chi connectivity index (χ1v) is 5.87. The summed E-state index contributed by atoms with van der Waals surface area (Å²) in [4.78, 5) is 49.5. The molecule has 99 valence electrons. The third kappa shape index (κ3) is 5.05. The van der Waals surface area contributed by atoms with Crippen molar-refractivity contribution < 1.29 is 44.1 Å². The zero-order valence-corrected chi connectivity index (χ0v) is 12.3. The number of carbonyl (C=O) groups is 3. The summed E-state index contributed by atoms with van der Waals surface area (Å²) in [6.45, 7) is 0. The zero-order chi connectivity index (χ0) is 13.9. The second-order valence-electron chi connectivity index (χ2n) is 3.35. The van der Waals surface area contributed by atoms with Crippen molar-refractivity contribution in [2.24, 2.45) is 0 Å². The third-order valence-electron chi connectivity index (χ3n) is 2.15. The van der Waals surface area contributed by atoms with E-state index in [2.05, 4.69) is 0 Å². The summed E-state index contributed by atoms with van der Waals surface area (Å²) in [6, 6.07) is 0. The van der Waals surface area contributed by atoms with E-state index in [0.29, 0.717) is 0 Å². The van der Waals surface area contributed by atoms with Gasteiger partial charge in [-0.3, -0.25) is 18.9 Å². The van der Waals surface area contributed by atoms with E-state index in [1.165, 1.54) is 0 Å². The molecule has 1 unspecified atom stereocenters. The Morgan fingerprint density at radius 3 is 1.67 bits per heavy atom. The Kier molecular flexibility index (Phi) is 7.98. The fourth-order valence-corrected chi connectivity index (χ4v) is 2.20. The molecule has 0 aromatic heterocycles. The van der Waals surface area contributed by atoms with E-state index in [9.17, 15) is 18.9 Å². The van der Waals surface area contributed by atoms with Crippen LogP contribution in [0.4, 0.5) is 0 Å². The van der Waals surface area contributed by atoms with E-state index in [-0.39, 0.29) is 29.6 Å². The first-order valence-electron chi connectivity index (χ1n) is 4.25. The Morgan fingerprint density at radius 2 is 1.44 bits per heavy atom. The van der Waals surface area contributed by atoms with Crippen LogP contribution in [-0.4, -0.2) is 77.7 Å². The molecule has 5 N–H and O–H groups in total. The minimum absolute atomic E-state index is 0. The van der Waals surface area contributed by atoms with Crippen LogP contribution in [0.25, 0.3) is 0 Å². The standard InChI is InChI=1S/C7H11O9P.Na/c8-4(9)1-2-7(6(12)13,3-5(10)11)17(14,15)16;/h1-3H2,(H,8,9)(H,10,11)(H,12,13)(H2,14,15,16);. The molecule has 0 bridgehead atoms. The van der Waals surface area contributed by atoms with Crippen molar-refractivity contribution in [2.75, 3.05) is 0 Å². The number of hydrogen-bond donors (Lipinski definition) is 5. The van der Waals surface area contributed by atoms with Gasteiger partial charge < -0.3 is 25.1 Å². The molecule has 0 aliphatic rings. The van der Waals surface area contributed by atoms with Crippen molar-refractivity contribution in [1.29, 1.82) is 0 Å². The van der Waals surface area contributed by atoms with E-state index in [1.54, 1.807) is 0 Å². The first kappa shape index (κ1) is 19.9. The Labute approximate surface area is 123 Å². The summed E-state index contributed by atoms with van der Waals surface area (Å²) in [5.74, 6) is -5.25. The summed E-state index contributed by atoms with van der Waals surface area (Å²) >= 11 is 0. The summed E-state index contributed by atoms with van der Waals surface area (Å²) in [6.07, 6.45) is -3.17. The average molecular weight is 293 g/mol. The number of carboxylic acid groups (broad SMARTS) is 3. The van der Waals surface area contributed by atoms with E-state index in [0.717, 1.165) is 0 Å². The molecule has 0 heterocycles. The number of carboxylic acids is 3. The van der Waals surface area contributed by atoms with Gasteiger partial charge in [-0.25, -0.2) is 0 Å². The molecule has 1 atom stereocenters. The van der Waals surface area contributed by atoms with E-state index < -0.39 is 49.9 Å². The van der Waals surface area contributed by atoms with Crippen molar-refractivity contribution >= 4 is 55.1 Å². The van der Waals surface area contributed by atoms with Crippen molar-refractivity contribution in [3.05, 3.63) is 0 Å². The van der Waals surface area contributed by atoms with E-state index in [1.807, 2.05) is 0 Å². The predicted octanol–water partition coefficient (Wildman–Crippen LogP) is -1.05. The van der Waals surface area contributed by atoms with E-state index >= 15 is 0 Å². The van der Waals surface area contributed by atoms with Gasteiger partial charge in [0, 0.05) is 36.0 Å². The van der Waals surface area contributed by atoms with Gasteiger partial charge >= 0.3 is 25.5 Å². The number of hydrogen-bond acceptors (Lipinski definition) is 4. The van der Waals surface area contributed by atoms with Gasteiger partial charge in [0.25, 0.3) is 0 Å². The van der Waals surface area contributed by atoms with Crippen molar-refractivity contribution in [3.8, 4) is 0 Å². The van der Waals surface area contributed by atoms with Crippen LogP contribution in [0.1, 0.15) is 19.3 Å². The SMILES string of the molecule is O=C(O)CCC(CC(=O)O)(C(=O)O)P(=O)(O)O.[Na]. The largest absolute Gasteiger partial charge is 0.481 e. The van der Waals surface area contributed by atoms with Crippen LogP contribution in [0, 0.1) is 0 Å². The molecule has 9 nitrogen and oxygen atoms in total. The zero-order valence-electron chi connectivity index (χ0n) is 9.44. The smallest absolute Gasteiger partial charge is 0.343 e. The molecular formula is C7H11NaO9P. The van der Waals surface area contributed by atoms with Crippen LogP contribution < -0.4 is 0 Å². The van der Waals surface area contributed by atoms with Gasteiger partial charge in [-0.15, -0.1) is 0 Å². The predicted molar refractivity (Wildman–Crippen MR) is 57.3 cm³/mol. The topological polar surface area (TPSA) is 169 Å². The summed E-state index contributed by atoms with van der Waals surface area (Å²) < 4.78 is 11.1. The van der Waals surface area contributed by atoms with Gasteiger partial charge in [0.1, 0.15) is 0 Å². The minimum atomic E-state index is -5.32. The fourth-order valence-electron chi connectivity index (χ4n) is 1.21. The average Bonchev–Trinajstić information content (AvgIpc) is 2.08. The molecule has 0 spiro atoms. The molecule has 0 aromatic carbocycles. The molecule has 11 heteroatoms. The van der Waals surface area contributed by atoms with Crippen molar-refractivity contribution in [2.45, 2.75) is 24.4 Å². The molecule has 1 radical (unpaired) electrons. The summed E-state index contributed by atoms with van der Waals surface area (Å²) in [7, 11) is -5.32. The second kappa shape index (κ2) is 7.22. The van der Waals surface area contributed by atoms with Crippen LogP contribution >= 0.6 is 7.60 Å². The third-order valence-corrected chi connectivity index (χ3v) is 3.84. The molecule has 0 saturated heterocycles. The van der Waals surface area contributed by atoms with Crippen LogP contribution in [0.5, 0.6) is 0 Å². The summed E-state index contributed by atoms with van der Waals surface area (Å²) in [5, 5.41) is 22.7. The molecule has 0 aliphatic heterocycles. The molecule has 0 aliphatic carbocycles. The molecule has 0 aromatic rings. The van der Waals surface area contributed by atoms with E-state index in [4.69, 9.17) is 25.1 Å². The molecule has 0 saturated carbocycles. The maximum Gasteiger partial charge on any atom is 0.343 e. The first-order chi connectivity index (χ1) is 7.53. The minimum Gasteiger partial charge on any atom is -0.481 e. The molecular weight excluding hydrogens is 282 g/mol. The Bertz CT molecular complexity index is 388. The van der Waals surface area contributed by atoms with Crippen LogP contribution in [0.15, 0.2) is 0 Å².